The van der Waals surface area contributed by atoms with Crippen molar-refractivity contribution in [2.45, 2.75) is 12.5 Å². The lowest BCUT2D eigenvalue weighted by atomic mass is 10.2. The molecule has 7 heteroatoms. The molecule has 1 unspecified atom stereocenters. The molecule has 17 heavy (non-hydrogen) atoms. The zero-order valence-corrected chi connectivity index (χ0v) is 10.5. The van der Waals surface area contributed by atoms with Gasteiger partial charge >= 0.3 is 0 Å². The summed E-state index contributed by atoms with van der Waals surface area (Å²) in [7, 11) is -2.99. The maximum atomic E-state index is 11.7. The molecular weight excluding hydrogens is 264 g/mol. The van der Waals surface area contributed by atoms with Crippen molar-refractivity contribution in [1.29, 1.82) is 0 Å². The third-order valence-electron chi connectivity index (χ3n) is 2.52. The number of hydrogen-bond acceptors (Lipinski definition) is 4. The topological polar surface area (TPSA) is 76.1 Å². The molecule has 1 saturated heterocycles. The number of sulfone groups is 1. The SMILES string of the molecule is O=C(NC1CCS(=O)(=O)C1)c1cc(Cl)ccn1. The first kappa shape index (κ1) is 12.3. The second kappa shape index (κ2) is 4.62. The Morgan fingerprint density at radius 3 is 2.88 bits per heavy atom. The molecule has 1 amide bonds. The largest absolute Gasteiger partial charge is 0.347 e. The molecule has 1 aliphatic heterocycles. The minimum absolute atomic E-state index is 0.000689. The molecule has 1 atom stereocenters. The van der Waals surface area contributed by atoms with E-state index >= 15 is 0 Å². The first-order chi connectivity index (χ1) is 7.96. The molecule has 0 bridgehead atoms. The van der Waals surface area contributed by atoms with Crippen LogP contribution in [0.5, 0.6) is 0 Å². The summed E-state index contributed by atoms with van der Waals surface area (Å²) in [5.41, 5.74) is 0.196. The summed E-state index contributed by atoms with van der Waals surface area (Å²) in [6.07, 6.45) is 1.89. The summed E-state index contributed by atoms with van der Waals surface area (Å²) in [4.78, 5) is 15.6. The zero-order valence-electron chi connectivity index (χ0n) is 8.89. The van der Waals surface area contributed by atoms with Crippen LogP contribution in [0.3, 0.4) is 0 Å². The molecule has 1 aliphatic rings. The zero-order chi connectivity index (χ0) is 12.5. The van der Waals surface area contributed by atoms with E-state index in [-0.39, 0.29) is 23.2 Å². The van der Waals surface area contributed by atoms with Gasteiger partial charge in [-0.25, -0.2) is 8.42 Å². The average Bonchev–Trinajstić information content (AvgIpc) is 2.58. The predicted molar refractivity (Wildman–Crippen MR) is 63.8 cm³/mol. The van der Waals surface area contributed by atoms with Gasteiger partial charge < -0.3 is 5.32 Å². The van der Waals surface area contributed by atoms with E-state index in [9.17, 15) is 13.2 Å². The van der Waals surface area contributed by atoms with E-state index in [1.165, 1.54) is 12.3 Å². The molecule has 0 aromatic carbocycles. The van der Waals surface area contributed by atoms with Crippen molar-refractivity contribution >= 4 is 27.3 Å². The van der Waals surface area contributed by atoms with Crippen LogP contribution in [0, 0.1) is 0 Å². The van der Waals surface area contributed by atoms with Crippen LogP contribution in [0.4, 0.5) is 0 Å². The number of rotatable bonds is 2. The van der Waals surface area contributed by atoms with E-state index in [1.807, 2.05) is 0 Å². The minimum Gasteiger partial charge on any atom is -0.347 e. The fourth-order valence-corrected chi connectivity index (χ4v) is 3.53. The van der Waals surface area contributed by atoms with Gasteiger partial charge in [0.25, 0.3) is 5.91 Å². The maximum Gasteiger partial charge on any atom is 0.270 e. The van der Waals surface area contributed by atoms with Crippen LogP contribution in [0.25, 0.3) is 0 Å². The molecule has 2 heterocycles. The summed E-state index contributed by atoms with van der Waals surface area (Å²) in [6.45, 7) is 0. The van der Waals surface area contributed by atoms with Gasteiger partial charge in [0.15, 0.2) is 9.84 Å². The van der Waals surface area contributed by atoms with Crippen molar-refractivity contribution in [3.8, 4) is 0 Å². The first-order valence-corrected chi connectivity index (χ1v) is 7.29. The lowest BCUT2D eigenvalue weighted by Gasteiger charge is -2.10. The van der Waals surface area contributed by atoms with Crippen molar-refractivity contribution in [1.82, 2.24) is 10.3 Å². The number of carbonyl (C=O) groups excluding carboxylic acids is 1. The standard InChI is InChI=1S/C10H11ClN2O3S/c11-7-1-3-12-9(5-7)10(14)13-8-2-4-17(15,16)6-8/h1,3,5,8H,2,4,6H2,(H,13,14). The van der Waals surface area contributed by atoms with E-state index in [2.05, 4.69) is 10.3 Å². The third-order valence-corrected chi connectivity index (χ3v) is 4.53. The normalized spacial score (nSPS) is 22.3. The molecule has 0 aliphatic carbocycles. The summed E-state index contributed by atoms with van der Waals surface area (Å²) in [5.74, 6) is -0.269. The van der Waals surface area contributed by atoms with Gasteiger partial charge in [0.1, 0.15) is 5.69 Å². The lowest BCUT2D eigenvalue weighted by Crippen LogP contribution is -2.36. The number of carbonyl (C=O) groups is 1. The molecule has 1 aromatic rings. The van der Waals surface area contributed by atoms with Crippen LogP contribution in [0.15, 0.2) is 18.3 Å². The molecule has 0 radical (unpaired) electrons. The van der Waals surface area contributed by atoms with Crippen LogP contribution in [-0.2, 0) is 9.84 Å². The Balaban J connectivity index is 2.03. The number of nitrogens with zero attached hydrogens (tertiary/aromatic N) is 1. The Labute approximate surface area is 104 Å². The molecule has 1 N–H and O–H groups in total. The third kappa shape index (κ3) is 3.17. The molecule has 1 fully saturated rings. The van der Waals surface area contributed by atoms with Gasteiger partial charge in [0.2, 0.25) is 0 Å². The van der Waals surface area contributed by atoms with Gasteiger partial charge in [-0.05, 0) is 18.6 Å². The Kier molecular flexibility index (Phi) is 3.35. The number of hydrogen-bond donors (Lipinski definition) is 1. The van der Waals surface area contributed by atoms with Gasteiger partial charge in [-0.2, -0.15) is 0 Å². The molecule has 92 valence electrons. The number of halogens is 1. The first-order valence-electron chi connectivity index (χ1n) is 5.09. The minimum atomic E-state index is -2.99. The van der Waals surface area contributed by atoms with Crippen LogP contribution in [-0.4, -0.2) is 36.9 Å². The molecule has 5 nitrogen and oxygen atoms in total. The summed E-state index contributed by atoms with van der Waals surface area (Å²) in [5, 5.41) is 3.06. The Bertz CT molecular complexity index is 544. The molecule has 0 saturated carbocycles. The highest BCUT2D eigenvalue weighted by Crippen LogP contribution is 2.13. The van der Waals surface area contributed by atoms with Crippen LogP contribution in [0.1, 0.15) is 16.9 Å². The van der Waals surface area contributed by atoms with E-state index in [4.69, 9.17) is 11.6 Å². The average molecular weight is 275 g/mol. The summed E-state index contributed by atoms with van der Waals surface area (Å²) in [6, 6.07) is 2.69. The van der Waals surface area contributed by atoms with Crippen molar-refractivity contribution in [3.63, 3.8) is 0 Å². The number of pyridine rings is 1. The molecule has 1 aromatic heterocycles. The van der Waals surface area contributed by atoms with Crippen molar-refractivity contribution in [2.75, 3.05) is 11.5 Å². The molecule has 0 spiro atoms. The van der Waals surface area contributed by atoms with E-state index in [0.29, 0.717) is 11.4 Å². The number of nitrogens with one attached hydrogen (secondary N) is 1. The van der Waals surface area contributed by atoms with Gasteiger partial charge in [0, 0.05) is 17.3 Å². The number of amides is 1. The fourth-order valence-electron chi connectivity index (χ4n) is 1.70. The Morgan fingerprint density at radius 1 is 1.53 bits per heavy atom. The van der Waals surface area contributed by atoms with Crippen molar-refractivity contribution in [2.24, 2.45) is 0 Å². The second-order valence-electron chi connectivity index (χ2n) is 3.93. The Morgan fingerprint density at radius 2 is 2.29 bits per heavy atom. The lowest BCUT2D eigenvalue weighted by molar-refractivity contribution is 0.0936. The summed E-state index contributed by atoms with van der Waals surface area (Å²) >= 11 is 5.73. The van der Waals surface area contributed by atoms with E-state index < -0.39 is 15.7 Å². The Hall–Kier alpha value is -1.14. The highest BCUT2D eigenvalue weighted by molar-refractivity contribution is 7.91. The predicted octanol–water partition coefficient (Wildman–Crippen LogP) is 0.652. The van der Waals surface area contributed by atoms with Crippen molar-refractivity contribution < 1.29 is 13.2 Å². The fraction of sp³-hybridized carbons (Fsp3) is 0.400. The highest BCUT2D eigenvalue weighted by Gasteiger charge is 2.29. The van der Waals surface area contributed by atoms with E-state index in [0.717, 1.165) is 0 Å². The van der Waals surface area contributed by atoms with E-state index in [1.54, 1.807) is 6.07 Å². The number of aromatic nitrogens is 1. The highest BCUT2D eigenvalue weighted by atomic mass is 35.5. The van der Waals surface area contributed by atoms with Crippen LogP contribution in [0.2, 0.25) is 5.02 Å². The van der Waals surface area contributed by atoms with Crippen LogP contribution < -0.4 is 5.32 Å². The molecule has 2 rings (SSSR count). The molecular formula is C10H11ClN2O3S. The maximum absolute atomic E-state index is 11.7. The van der Waals surface area contributed by atoms with Gasteiger partial charge in [-0.15, -0.1) is 0 Å². The van der Waals surface area contributed by atoms with Crippen molar-refractivity contribution in [3.05, 3.63) is 29.0 Å². The second-order valence-corrected chi connectivity index (χ2v) is 6.60. The van der Waals surface area contributed by atoms with Gasteiger partial charge in [-0.1, -0.05) is 11.6 Å². The summed E-state index contributed by atoms with van der Waals surface area (Å²) < 4.78 is 22.5. The monoisotopic (exact) mass is 274 g/mol. The van der Waals surface area contributed by atoms with Gasteiger partial charge in [-0.3, -0.25) is 9.78 Å². The quantitative estimate of drug-likeness (QED) is 0.859. The van der Waals surface area contributed by atoms with Crippen LogP contribution >= 0.6 is 11.6 Å². The smallest absolute Gasteiger partial charge is 0.270 e. The van der Waals surface area contributed by atoms with Gasteiger partial charge in [0.05, 0.1) is 11.5 Å².